The summed E-state index contributed by atoms with van der Waals surface area (Å²) in [6, 6.07) is 25.0. The molecule has 3 rings (SSSR count). The van der Waals surface area contributed by atoms with E-state index in [2.05, 4.69) is 5.32 Å². The molecule has 0 aliphatic rings. The number of para-hydroxylation sites is 1. The minimum Gasteiger partial charge on any atom is -0.482 e. The summed E-state index contributed by atoms with van der Waals surface area (Å²) in [6.07, 6.45) is 0. The molecule has 1 N–H and O–H groups in total. The summed E-state index contributed by atoms with van der Waals surface area (Å²) in [7, 11) is 1.68. The summed E-state index contributed by atoms with van der Waals surface area (Å²) in [5.41, 5.74) is 4.06. The van der Waals surface area contributed by atoms with Gasteiger partial charge in [-0.2, -0.15) is 0 Å². The Bertz CT molecular complexity index is 986. The number of hydrogen-bond donors (Lipinski definition) is 1. The molecule has 0 atom stereocenters. The first-order valence-corrected chi connectivity index (χ1v) is 9.99. The summed E-state index contributed by atoms with van der Waals surface area (Å²) in [5.74, 6) is -0.327. The summed E-state index contributed by atoms with van der Waals surface area (Å²) in [6.45, 7) is 1.89. The van der Waals surface area contributed by atoms with Crippen molar-refractivity contribution in [1.82, 2.24) is 4.90 Å². The molecule has 6 heteroatoms. The number of amides is 1. The van der Waals surface area contributed by atoms with E-state index in [9.17, 15) is 9.59 Å². The number of hydrogen-bond acceptors (Lipinski definition) is 5. The van der Waals surface area contributed by atoms with E-state index in [0.29, 0.717) is 12.3 Å². The predicted octanol–water partition coefficient (Wildman–Crippen LogP) is 4.32. The van der Waals surface area contributed by atoms with Crippen molar-refractivity contribution >= 4 is 23.3 Å². The number of carbonyl (C=O) groups excluding carboxylic acids is 2. The van der Waals surface area contributed by atoms with Crippen molar-refractivity contribution in [2.45, 2.75) is 13.5 Å². The highest BCUT2D eigenvalue weighted by atomic mass is 16.6. The first-order valence-electron chi connectivity index (χ1n) is 9.99. The predicted molar refractivity (Wildman–Crippen MR) is 120 cm³/mol. The van der Waals surface area contributed by atoms with E-state index < -0.39 is 5.97 Å². The third kappa shape index (κ3) is 7.19. The lowest BCUT2D eigenvalue weighted by Crippen LogP contribution is -2.31. The van der Waals surface area contributed by atoms with Crippen LogP contribution in [0.1, 0.15) is 11.1 Å². The van der Waals surface area contributed by atoms with Crippen molar-refractivity contribution in [2.24, 2.45) is 0 Å². The van der Waals surface area contributed by atoms with Gasteiger partial charge >= 0.3 is 5.97 Å². The smallest absolute Gasteiger partial charge is 0.344 e. The second-order valence-electron chi connectivity index (χ2n) is 7.20. The van der Waals surface area contributed by atoms with Gasteiger partial charge in [-0.15, -0.1) is 0 Å². The Morgan fingerprint density at radius 1 is 0.839 bits per heavy atom. The van der Waals surface area contributed by atoms with E-state index >= 15 is 0 Å². The lowest BCUT2D eigenvalue weighted by Gasteiger charge is -2.17. The van der Waals surface area contributed by atoms with Crippen LogP contribution in [0.15, 0.2) is 78.9 Å². The SMILES string of the molecule is Cc1ccc(CN(C)C(=O)COC(=O)COc2ccc(Nc3ccccc3)cc2)cc1. The van der Waals surface area contributed by atoms with Gasteiger partial charge in [0.25, 0.3) is 5.91 Å². The average Bonchev–Trinajstić information content (AvgIpc) is 2.79. The van der Waals surface area contributed by atoms with Gasteiger partial charge in [-0.05, 0) is 48.9 Å². The van der Waals surface area contributed by atoms with Crippen LogP contribution in [0, 0.1) is 6.92 Å². The van der Waals surface area contributed by atoms with Gasteiger partial charge in [0.2, 0.25) is 0 Å². The van der Waals surface area contributed by atoms with Gasteiger partial charge in [0, 0.05) is 25.0 Å². The number of rotatable bonds is 9. The third-order valence-corrected chi connectivity index (χ3v) is 4.60. The van der Waals surface area contributed by atoms with E-state index in [0.717, 1.165) is 22.5 Å². The number of ether oxygens (including phenoxy) is 2. The molecule has 160 valence electrons. The van der Waals surface area contributed by atoms with Gasteiger partial charge in [0.05, 0.1) is 0 Å². The summed E-state index contributed by atoms with van der Waals surface area (Å²) in [5, 5.41) is 3.27. The van der Waals surface area contributed by atoms with E-state index in [1.54, 1.807) is 19.2 Å². The van der Waals surface area contributed by atoms with Gasteiger partial charge in [0.1, 0.15) is 5.75 Å². The molecule has 0 aliphatic carbocycles. The maximum atomic E-state index is 12.2. The van der Waals surface area contributed by atoms with E-state index in [1.165, 1.54) is 4.90 Å². The maximum Gasteiger partial charge on any atom is 0.344 e. The first-order chi connectivity index (χ1) is 15.0. The number of carbonyl (C=O) groups is 2. The standard InChI is InChI=1S/C25H26N2O4/c1-19-8-10-20(11-9-19)16-27(2)24(28)17-31-25(29)18-30-23-14-12-22(13-15-23)26-21-6-4-3-5-7-21/h3-15,26H,16-18H2,1-2H3. The monoisotopic (exact) mass is 418 g/mol. The molecule has 0 radical (unpaired) electrons. The number of esters is 1. The molecule has 0 heterocycles. The number of aryl methyl sites for hydroxylation is 1. The van der Waals surface area contributed by atoms with Gasteiger partial charge in [-0.3, -0.25) is 4.79 Å². The molecule has 0 saturated heterocycles. The zero-order valence-electron chi connectivity index (χ0n) is 17.7. The Balaban J connectivity index is 1.38. The Labute approximate surface area is 182 Å². The molecular formula is C25H26N2O4. The zero-order chi connectivity index (χ0) is 22.1. The number of anilines is 2. The lowest BCUT2D eigenvalue weighted by atomic mass is 10.1. The molecule has 0 spiro atoms. The minimum atomic E-state index is -0.594. The Kier molecular flexibility index (Phi) is 7.65. The zero-order valence-corrected chi connectivity index (χ0v) is 17.7. The van der Waals surface area contributed by atoms with Crippen molar-refractivity contribution < 1.29 is 19.1 Å². The molecule has 1 amide bonds. The van der Waals surface area contributed by atoms with Crippen molar-refractivity contribution in [3.05, 3.63) is 90.0 Å². The van der Waals surface area contributed by atoms with Gasteiger partial charge in [0.15, 0.2) is 13.2 Å². The Morgan fingerprint density at radius 3 is 2.16 bits per heavy atom. The highest BCUT2D eigenvalue weighted by molar-refractivity contribution is 5.80. The van der Waals surface area contributed by atoms with Crippen LogP contribution in [0.25, 0.3) is 0 Å². The average molecular weight is 418 g/mol. The molecule has 0 aliphatic heterocycles. The fourth-order valence-electron chi connectivity index (χ4n) is 2.81. The van der Waals surface area contributed by atoms with Crippen LogP contribution in [0.5, 0.6) is 5.75 Å². The van der Waals surface area contributed by atoms with Crippen LogP contribution in [0.2, 0.25) is 0 Å². The molecule has 31 heavy (non-hydrogen) atoms. The van der Waals surface area contributed by atoms with Crippen LogP contribution in [0.3, 0.4) is 0 Å². The van der Waals surface area contributed by atoms with Gasteiger partial charge in [-0.1, -0.05) is 48.0 Å². The van der Waals surface area contributed by atoms with Crippen molar-refractivity contribution in [3.8, 4) is 5.75 Å². The molecule has 3 aromatic carbocycles. The second-order valence-corrected chi connectivity index (χ2v) is 7.20. The van der Waals surface area contributed by atoms with Crippen LogP contribution >= 0.6 is 0 Å². The maximum absolute atomic E-state index is 12.2. The summed E-state index contributed by atoms with van der Waals surface area (Å²) in [4.78, 5) is 25.6. The molecule has 6 nitrogen and oxygen atoms in total. The fraction of sp³-hybridized carbons (Fsp3) is 0.200. The Morgan fingerprint density at radius 2 is 1.48 bits per heavy atom. The second kappa shape index (κ2) is 10.8. The highest BCUT2D eigenvalue weighted by Gasteiger charge is 2.13. The largest absolute Gasteiger partial charge is 0.482 e. The Hall–Kier alpha value is -3.80. The number of nitrogens with zero attached hydrogens (tertiary/aromatic N) is 1. The van der Waals surface area contributed by atoms with Crippen LogP contribution in [-0.4, -0.2) is 37.0 Å². The van der Waals surface area contributed by atoms with Gasteiger partial charge < -0.3 is 19.7 Å². The van der Waals surface area contributed by atoms with Gasteiger partial charge in [-0.25, -0.2) is 4.79 Å². The van der Waals surface area contributed by atoms with E-state index in [1.807, 2.05) is 73.7 Å². The molecule has 0 aromatic heterocycles. The minimum absolute atomic E-state index is 0.263. The number of nitrogens with one attached hydrogen (secondary N) is 1. The van der Waals surface area contributed by atoms with E-state index in [-0.39, 0.29) is 19.1 Å². The number of likely N-dealkylation sites (N-methyl/N-ethyl adjacent to an activating group) is 1. The van der Waals surface area contributed by atoms with Crippen molar-refractivity contribution in [2.75, 3.05) is 25.6 Å². The van der Waals surface area contributed by atoms with Crippen molar-refractivity contribution in [1.29, 1.82) is 0 Å². The quantitative estimate of drug-likeness (QED) is 0.524. The fourth-order valence-corrected chi connectivity index (χ4v) is 2.81. The van der Waals surface area contributed by atoms with Crippen LogP contribution in [0.4, 0.5) is 11.4 Å². The van der Waals surface area contributed by atoms with Crippen LogP contribution in [-0.2, 0) is 20.9 Å². The summed E-state index contributed by atoms with van der Waals surface area (Å²) >= 11 is 0. The highest BCUT2D eigenvalue weighted by Crippen LogP contribution is 2.19. The summed E-state index contributed by atoms with van der Waals surface area (Å²) < 4.78 is 10.5. The molecule has 0 fully saturated rings. The molecule has 3 aromatic rings. The lowest BCUT2D eigenvalue weighted by molar-refractivity contribution is -0.153. The molecule has 0 unspecified atom stereocenters. The number of benzene rings is 3. The third-order valence-electron chi connectivity index (χ3n) is 4.60. The topological polar surface area (TPSA) is 67.9 Å². The normalized spacial score (nSPS) is 10.3. The van der Waals surface area contributed by atoms with Crippen molar-refractivity contribution in [3.63, 3.8) is 0 Å². The first kappa shape index (κ1) is 21.9. The molecule has 0 saturated carbocycles. The van der Waals surface area contributed by atoms with E-state index in [4.69, 9.17) is 9.47 Å². The molecule has 0 bridgehead atoms. The molecular weight excluding hydrogens is 392 g/mol. The van der Waals surface area contributed by atoms with Crippen LogP contribution < -0.4 is 10.1 Å².